The molecule has 2 heterocycles. The van der Waals surface area contributed by atoms with Gasteiger partial charge in [0.2, 0.25) is 0 Å². The fourth-order valence-corrected chi connectivity index (χ4v) is 3.02. The van der Waals surface area contributed by atoms with Gasteiger partial charge in [-0.05, 0) is 42.6 Å². The van der Waals surface area contributed by atoms with Crippen molar-refractivity contribution in [3.8, 4) is 0 Å². The van der Waals surface area contributed by atoms with Crippen LogP contribution in [0.3, 0.4) is 0 Å². The molecule has 144 valence electrons. The van der Waals surface area contributed by atoms with E-state index < -0.39 is 23.9 Å². The average Bonchev–Trinajstić information content (AvgIpc) is 3.40. The second-order valence-corrected chi connectivity index (χ2v) is 6.85. The highest BCUT2D eigenvalue weighted by Gasteiger charge is 2.22. The van der Waals surface area contributed by atoms with Gasteiger partial charge >= 0.3 is 5.97 Å². The summed E-state index contributed by atoms with van der Waals surface area (Å²) in [5.41, 5.74) is 0.403. The predicted molar refractivity (Wildman–Crippen MR) is 104 cm³/mol. The number of esters is 1. The third-order valence-corrected chi connectivity index (χ3v) is 4.69. The number of benzene rings is 1. The summed E-state index contributed by atoms with van der Waals surface area (Å²) < 4.78 is 10.3. The number of carbonyl (C=O) groups is 3. The number of anilines is 1. The first-order valence-corrected chi connectivity index (χ1v) is 9.37. The standard InChI is InChI=1S/C20H18N2O5S/c1-13(18(23)21-12-14-6-5-11-28-14)27-20(25)15-7-2-3-8-16(15)22-19(24)17-9-4-10-26-17/h2-11,13H,12H2,1H3,(H,21,23)(H,22,24)/t13-/m1/s1. The van der Waals surface area contributed by atoms with E-state index in [9.17, 15) is 14.4 Å². The van der Waals surface area contributed by atoms with Crippen molar-refractivity contribution >= 4 is 34.8 Å². The second-order valence-electron chi connectivity index (χ2n) is 5.82. The maximum atomic E-state index is 12.5. The van der Waals surface area contributed by atoms with Crippen LogP contribution in [0.2, 0.25) is 0 Å². The lowest BCUT2D eigenvalue weighted by Gasteiger charge is -2.15. The molecule has 2 aromatic heterocycles. The van der Waals surface area contributed by atoms with E-state index in [4.69, 9.17) is 9.15 Å². The molecule has 0 aliphatic carbocycles. The number of hydrogen-bond donors (Lipinski definition) is 2. The Morgan fingerprint density at radius 2 is 1.93 bits per heavy atom. The summed E-state index contributed by atoms with van der Waals surface area (Å²) >= 11 is 1.52. The van der Waals surface area contributed by atoms with Gasteiger partial charge < -0.3 is 19.8 Å². The van der Waals surface area contributed by atoms with Crippen LogP contribution in [0.15, 0.2) is 64.6 Å². The maximum Gasteiger partial charge on any atom is 0.341 e. The third-order valence-electron chi connectivity index (χ3n) is 3.81. The van der Waals surface area contributed by atoms with Crippen LogP contribution in [0, 0.1) is 0 Å². The zero-order chi connectivity index (χ0) is 19.9. The van der Waals surface area contributed by atoms with E-state index in [0.29, 0.717) is 6.54 Å². The topological polar surface area (TPSA) is 97.6 Å². The molecular weight excluding hydrogens is 380 g/mol. The summed E-state index contributed by atoms with van der Waals surface area (Å²) in [7, 11) is 0. The van der Waals surface area contributed by atoms with E-state index in [2.05, 4.69) is 10.6 Å². The Labute approximate surface area is 165 Å². The lowest BCUT2D eigenvalue weighted by atomic mass is 10.1. The Kier molecular flexibility index (Phi) is 6.23. The van der Waals surface area contributed by atoms with Gasteiger partial charge in [0.1, 0.15) is 0 Å². The minimum atomic E-state index is -0.985. The number of carbonyl (C=O) groups excluding carboxylic acids is 3. The Bertz CT molecular complexity index is 951. The predicted octanol–water partition coefficient (Wildman–Crippen LogP) is 3.46. The largest absolute Gasteiger partial charge is 0.459 e. The summed E-state index contributed by atoms with van der Waals surface area (Å²) in [4.78, 5) is 37.8. The zero-order valence-corrected chi connectivity index (χ0v) is 15.8. The minimum Gasteiger partial charge on any atom is -0.459 e. The zero-order valence-electron chi connectivity index (χ0n) is 15.0. The Hall–Kier alpha value is -3.39. The number of ether oxygens (including phenoxy) is 1. The first kappa shape index (κ1) is 19.4. The third kappa shape index (κ3) is 4.86. The lowest BCUT2D eigenvalue weighted by Crippen LogP contribution is -2.35. The van der Waals surface area contributed by atoms with E-state index in [-0.39, 0.29) is 17.0 Å². The van der Waals surface area contributed by atoms with Crippen molar-refractivity contribution in [1.29, 1.82) is 0 Å². The highest BCUT2D eigenvalue weighted by atomic mass is 32.1. The molecule has 0 saturated carbocycles. The summed E-state index contributed by atoms with van der Waals surface area (Å²) in [5, 5.41) is 7.24. The monoisotopic (exact) mass is 398 g/mol. The molecule has 7 nitrogen and oxygen atoms in total. The van der Waals surface area contributed by atoms with Crippen molar-refractivity contribution in [2.45, 2.75) is 19.6 Å². The molecule has 0 spiro atoms. The Morgan fingerprint density at radius 3 is 2.64 bits per heavy atom. The Morgan fingerprint density at radius 1 is 1.11 bits per heavy atom. The molecule has 2 amide bonds. The first-order valence-electron chi connectivity index (χ1n) is 8.49. The summed E-state index contributed by atoms with van der Waals surface area (Å²) in [6.45, 7) is 1.86. The van der Waals surface area contributed by atoms with Gasteiger partial charge in [0.05, 0.1) is 24.1 Å². The number of hydrogen-bond acceptors (Lipinski definition) is 6. The fourth-order valence-electron chi connectivity index (χ4n) is 2.37. The minimum absolute atomic E-state index is 0.115. The number of furan rings is 1. The molecule has 0 aliphatic heterocycles. The molecular formula is C20H18N2O5S. The molecule has 3 rings (SSSR count). The van der Waals surface area contributed by atoms with Gasteiger partial charge in [-0.15, -0.1) is 11.3 Å². The molecule has 0 aliphatic rings. The normalized spacial score (nSPS) is 11.5. The van der Waals surface area contributed by atoms with Crippen molar-refractivity contribution in [2.24, 2.45) is 0 Å². The van der Waals surface area contributed by atoms with E-state index in [1.165, 1.54) is 36.7 Å². The number of para-hydroxylation sites is 1. The molecule has 0 fully saturated rings. The first-order chi connectivity index (χ1) is 13.5. The van der Waals surface area contributed by atoms with Gasteiger partial charge in [-0.3, -0.25) is 9.59 Å². The molecule has 0 radical (unpaired) electrons. The maximum absolute atomic E-state index is 12.5. The number of amides is 2. The number of rotatable bonds is 7. The van der Waals surface area contributed by atoms with Crippen LogP contribution < -0.4 is 10.6 Å². The van der Waals surface area contributed by atoms with Gasteiger partial charge in [0, 0.05) is 4.88 Å². The van der Waals surface area contributed by atoms with Crippen LogP contribution in [-0.2, 0) is 16.1 Å². The summed E-state index contributed by atoms with van der Waals surface area (Å²) in [6.07, 6.45) is 0.396. The fraction of sp³-hybridized carbons (Fsp3) is 0.150. The van der Waals surface area contributed by atoms with Crippen LogP contribution in [-0.4, -0.2) is 23.9 Å². The SMILES string of the molecule is C[C@@H](OC(=O)c1ccccc1NC(=O)c1ccco1)C(=O)NCc1cccs1. The van der Waals surface area contributed by atoms with Gasteiger partial charge in [0.15, 0.2) is 11.9 Å². The van der Waals surface area contributed by atoms with Crippen molar-refractivity contribution in [3.63, 3.8) is 0 Å². The van der Waals surface area contributed by atoms with Crippen molar-refractivity contribution in [2.75, 3.05) is 5.32 Å². The van der Waals surface area contributed by atoms with Gasteiger partial charge in [-0.2, -0.15) is 0 Å². The van der Waals surface area contributed by atoms with Gasteiger partial charge in [-0.25, -0.2) is 4.79 Å². The number of thiophene rings is 1. The van der Waals surface area contributed by atoms with E-state index in [1.807, 2.05) is 17.5 Å². The van der Waals surface area contributed by atoms with Crippen molar-refractivity contribution < 1.29 is 23.5 Å². The van der Waals surface area contributed by atoms with Gasteiger partial charge in [-0.1, -0.05) is 18.2 Å². The quantitative estimate of drug-likeness (QED) is 0.594. The molecule has 28 heavy (non-hydrogen) atoms. The molecule has 8 heteroatoms. The second kappa shape index (κ2) is 9.01. The highest BCUT2D eigenvalue weighted by molar-refractivity contribution is 7.09. The molecule has 3 aromatic rings. The Balaban J connectivity index is 1.62. The lowest BCUT2D eigenvalue weighted by molar-refractivity contribution is -0.129. The molecule has 0 unspecified atom stereocenters. The van der Waals surface area contributed by atoms with Crippen molar-refractivity contribution in [1.82, 2.24) is 5.32 Å². The van der Waals surface area contributed by atoms with Crippen molar-refractivity contribution in [3.05, 3.63) is 76.4 Å². The molecule has 1 aromatic carbocycles. The van der Waals surface area contributed by atoms with Crippen LogP contribution >= 0.6 is 11.3 Å². The van der Waals surface area contributed by atoms with E-state index >= 15 is 0 Å². The van der Waals surface area contributed by atoms with Crippen LogP contribution in [0.1, 0.15) is 32.7 Å². The van der Waals surface area contributed by atoms with Crippen LogP contribution in [0.5, 0.6) is 0 Å². The smallest absolute Gasteiger partial charge is 0.341 e. The van der Waals surface area contributed by atoms with Gasteiger partial charge in [0.25, 0.3) is 11.8 Å². The highest BCUT2D eigenvalue weighted by Crippen LogP contribution is 2.18. The van der Waals surface area contributed by atoms with E-state index in [1.54, 1.807) is 24.3 Å². The average molecular weight is 398 g/mol. The molecule has 0 saturated heterocycles. The summed E-state index contributed by atoms with van der Waals surface area (Å²) in [6, 6.07) is 13.3. The van der Waals surface area contributed by atoms with E-state index in [0.717, 1.165) is 4.88 Å². The van der Waals surface area contributed by atoms with Crippen LogP contribution in [0.25, 0.3) is 0 Å². The summed E-state index contributed by atoms with van der Waals surface area (Å²) in [5.74, 6) is -1.50. The number of nitrogens with one attached hydrogen (secondary N) is 2. The molecule has 2 N–H and O–H groups in total. The van der Waals surface area contributed by atoms with Crippen LogP contribution in [0.4, 0.5) is 5.69 Å². The molecule has 1 atom stereocenters. The molecule has 0 bridgehead atoms.